The van der Waals surface area contributed by atoms with Crippen molar-refractivity contribution in [1.82, 2.24) is 15.1 Å². The fourth-order valence-corrected chi connectivity index (χ4v) is 3.31. The van der Waals surface area contributed by atoms with Crippen LogP contribution >= 0.6 is 0 Å². The Morgan fingerprint density at radius 1 is 0.806 bits per heavy atom. The minimum absolute atomic E-state index is 0.0885. The molecule has 9 nitrogen and oxygen atoms in total. The average Bonchev–Trinajstić information content (AvgIpc) is 3.20. The van der Waals surface area contributed by atoms with Gasteiger partial charge < -0.3 is 30.3 Å². The van der Waals surface area contributed by atoms with Crippen molar-refractivity contribution in [3.8, 4) is 0 Å². The summed E-state index contributed by atoms with van der Waals surface area (Å²) < 4.78 is 10.5. The molecule has 0 aromatic rings. The molecular weight excluding hydrogens is 400 g/mol. The van der Waals surface area contributed by atoms with Crippen molar-refractivity contribution in [2.24, 2.45) is 11.7 Å². The van der Waals surface area contributed by atoms with Gasteiger partial charge >= 0.3 is 12.2 Å². The highest BCUT2D eigenvalue weighted by Gasteiger charge is 2.35. The third-order valence-corrected chi connectivity index (χ3v) is 5.01. The maximum Gasteiger partial charge on any atom is 0.410 e. The molecule has 0 spiro atoms. The van der Waals surface area contributed by atoms with E-state index in [9.17, 15) is 14.4 Å². The van der Waals surface area contributed by atoms with Crippen LogP contribution in [0.5, 0.6) is 0 Å². The van der Waals surface area contributed by atoms with E-state index in [1.54, 1.807) is 9.80 Å². The van der Waals surface area contributed by atoms with E-state index in [0.29, 0.717) is 19.6 Å². The molecule has 0 aromatic carbocycles. The highest BCUT2D eigenvalue weighted by Crippen LogP contribution is 2.29. The monoisotopic (exact) mass is 440 g/mol. The second-order valence-electron chi connectivity index (χ2n) is 10.7. The highest BCUT2D eigenvalue weighted by molar-refractivity contribution is 5.81. The number of carbonyl (C=O) groups is 3. The molecule has 3 N–H and O–H groups in total. The second kappa shape index (κ2) is 10.1. The molecule has 178 valence electrons. The van der Waals surface area contributed by atoms with Crippen molar-refractivity contribution in [2.75, 3.05) is 26.2 Å². The van der Waals surface area contributed by atoms with Crippen LogP contribution in [0.3, 0.4) is 0 Å². The maximum absolute atomic E-state index is 11.8. The standard InChI is InChI=1S/C13H22N2O3.C9H18N2O2/c1-13(2,3)18-12(17)15-7-6-10(8-15)14-11(16)9-4-5-9;1-9(2,3)13-8(12)11-5-4-7(10)6-11/h9-10H,4-8H2,1-3H3,(H,14,16);7H,4-6,10H2,1-3H3/t10-;7-/m11/s1. The van der Waals surface area contributed by atoms with Crippen LogP contribution in [-0.2, 0) is 14.3 Å². The Labute approximate surface area is 186 Å². The van der Waals surface area contributed by atoms with Gasteiger partial charge in [-0.05, 0) is 67.2 Å². The van der Waals surface area contributed by atoms with Gasteiger partial charge in [0.15, 0.2) is 0 Å². The molecule has 0 aromatic heterocycles. The fourth-order valence-electron chi connectivity index (χ4n) is 3.31. The SMILES string of the molecule is CC(C)(C)OC(=O)N1CC[C@@H](N)C1.CC(C)(C)OC(=O)N1CC[C@@H](NC(=O)C2CC2)C1. The van der Waals surface area contributed by atoms with Crippen molar-refractivity contribution in [2.45, 2.75) is 90.5 Å². The van der Waals surface area contributed by atoms with E-state index in [4.69, 9.17) is 15.2 Å². The lowest BCUT2D eigenvalue weighted by atomic mass is 10.2. The summed E-state index contributed by atoms with van der Waals surface area (Å²) in [4.78, 5) is 38.2. The molecule has 0 unspecified atom stereocenters. The summed E-state index contributed by atoms with van der Waals surface area (Å²) in [5.74, 6) is 0.367. The summed E-state index contributed by atoms with van der Waals surface area (Å²) in [5, 5.41) is 3.00. The first-order valence-corrected chi connectivity index (χ1v) is 11.3. The molecule has 3 amide bonds. The minimum Gasteiger partial charge on any atom is -0.444 e. The third kappa shape index (κ3) is 9.33. The minimum atomic E-state index is -0.466. The largest absolute Gasteiger partial charge is 0.444 e. The van der Waals surface area contributed by atoms with Crippen molar-refractivity contribution in [3.05, 3.63) is 0 Å². The Balaban J connectivity index is 0.000000233. The van der Waals surface area contributed by atoms with Crippen molar-refractivity contribution in [3.63, 3.8) is 0 Å². The van der Waals surface area contributed by atoms with Crippen LogP contribution in [0.4, 0.5) is 9.59 Å². The summed E-state index contributed by atoms with van der Waals surface area (Å²) in [6.07, 6.45) is 3.17. The van der Waals surface area contributed by atoms with E-state index in [0.717, 1.165) is 32.2 Å². The number of hydrogen-bond donors (Lipinski definition) is 2. The molecule has 1 aliphatic carbocycles. The first-order chi connectivity index (χ1) is 14.2. The van der Waals surface area contributed by atoms with Crippen LogP contribution in [0.2, 0.25) is 0 Å². The lowest BCUT2D eigenvalue weighted by Crippen LogP contribution is -2.40. The molecular formula is C22H40N4O5. The smallest absolute Gasteiger partial charge is 0.410 e. The molecule has 3 aliphatic rings. The third-order valence-electron chi connectivity index (χ3n) is 5.01. The number of nitrogens with one attached hydrogen (secondary N) is 1. The Kier molecular flexibility index (Phi) is 8.19. The molecule has 9 heteroatoms. The number of rotatable bonds is 2. The molecule has 1 saturated carbocycles. The summed E-state index contributed by atoms with van der Waals surface area (Å²) in [5.41, 5.74) is 4.80. The summed E-state index contributed by atoms with van der Waals surface area (Å²) in [6, 6.07) is 0.207. The van der Waals surface area contributed by atoms with Gasteiger partial charge in [-0.15, -0.1) is 0 Å². The van der Waals surface area contributed by atoms with Crippen LogP contribution in [-0.4, -0.2) is 77.4 Å². The van der Waals surface area contributed by atoms with E-state index in [2.05, 4.69) is 5.32 Å². The van der Waals surface area contributed by atoms with Crippen LogP contribution in [0.15, 0.2) is 0 Å². The van der Waals surface area contributed by atoms with Gasteiger partial charge in [-0.2, -0.15) is 0 Å². The van der Waals surface area contributed by atoms with Crippen LogP contribution < -0.4 is 11.1 Å². The Morgan fingerprint density at radius 3 is 1.71 bits per heavy atom. The maximum atomic E-state index is 11.8. The molecule has 2 saturated heterocycles. The molecule has 2 atom stereocenters. The van der Waals surface area contributed by atoms with Crippen LogP contribution in [0, 0.1) is 5.92 Å². The zero-order valence-electron chi connectivity index (χ0n) is 19.9. The first-order valence-electron chi connectivity index (χ1n) is 11.3. The number of nitrogens with two attached hydrogens (primary N) is 1. The van der Waals surface area contributed by atoms with E-state index >= 15 is 0 Å². The summed E-state index contributed by atoms with van der Waals surface area (Å²) >= 11 is 0. The van der Waals surface area contributed by atoms with Crippen LogP contribution in [0.1, 0.15) is 67.2 Å². The number of carbonyl (C=O) groups excluding carboxylic acids is 3. The predicted octanol–water partition coefficient (Wildman–Crippen LogP) is 2.48. The lowest BCUT2D eigenvalue weighted by Gasteiger charge is -2.24. The van der Waals surface area contributed by atoms with Gasteiger partial charge in [0, 0.05) is 44.2 Å². The first kappa shape index (κ1) is 25.2. The molecule has 0 radical (unpaired) electrons. The Morgan fingerprint density at radius 2 is 1.29 bits per heavy atom. The van der Waals surface area contributed by atoms with E-state index in [1.807, 2.05) is 41.5 Å². The zero-order chi connectivity index (χ0) is 23.4. The van der Waals surface area contributed by atoms with Crippen molar-refractivity contribution in [1.29, 1.82) is 0 Å². The van der Waals surface area contributed by atoms with Crippen molar-refractivity contribution >= 4 is 18.1 Å². The Bertz CT molecular complexity index is 651. The molecule has 31 heavy (non-hydrogen) atoms. The molecule has 2 aliphatic heterocycles. The molecule has 0 bridgehead atoms. The fraction of sp³-hybridized carbons (Fsp3) is 0.864. The van der Waals surface area contributed by atoms with Gasteiger partial charge in [-0.1, -0.05) is 0 Å². The van der Waals surface area contributed by atoms with E-state index in [-0.39, 0.29) is 36.1 Å². The van der Waals surface area contributed by atoms with Gasteiger partial charge in [0.2, 0.25) is 5.91 Å². The van der Waals surface area contributed by atoms with Gasteiger partial charge in [-0.25, -0.2) is 9.59 Å². The van der Waals surface area contributed by atoms with Gasteiger partial charge in [-0.3, -0.25) is 4.79 Å². The number of amides is 3. The summed E-state index contributed by atoms with van der Waals surface area (Å²) in [6.45, 7) is 13.7. The van der Waals surface area contributed by atoms with E-state index < -0.39 is 11.2 Å². The second-order valence-corrected chi connectivity index (χ2v) is 10.7. The molecule has 3 rings (SSSR count). The van der Waals surface area contributed by atoms with Gasteiger partial charge in [0.25, 0.3) is 0 Å². The number of nitrogens with zero attached hydrogens (tertiary/aromatic N) is 2. The highest BCUT2D eigenvalue weighted by atomic mass is 16.6. The van der Waals surface area contributed by atoms with Crippen LogP contribution in [0.25, 0.3) is 0 Å². The zero-order valence-corrected chi connectivity index (χ0v) is 19.9. The Hall–Kier alpha value is -2.03. The van der Waals surface area contributed by atoms with Crippen molar-refractivity contribution < 1.29 is 23.9 Å². The molecule has 2 heterocycles. The summed E-state index contributed by atoms with van der Waals surface area (Å²) in [7, 11) is 0. The topological polar surface area (TPSA) is 114 Å². The number of ether oxygens (including phenoxy) is 2. The van der Waals surface area contributed by atoms with E-state index in [1.165, 1.54) is 0 Å². The molecule has 3 fully saturated rings. The lowest BCUT2D eigenvalue weighted by molar-refractivity contribution is -0.122. The number of likely N-dealkylation sites (tertiary alicyclic amines) is 2. The quantitative estimate of drug-likeness (QED) is 0.682. The average molecular weight is 441 g/mol. The number of hydrogen-bond acceptors (Lipinski definition) is 6. The normalized spacial score (nSPS) is 23.7. The van der Waals surface area contributed by atoms with Gasteiger partial charge in [0.1, 0.15) is 11.2 Å². The van der Waals surface area contributed by atoms with Gasteiger partial charge in [0.05, 0.1) is 0 Å². The predicted molar refractivity (Wildman–Crippen MR) is 117 cm³/mol.